The highest BCUT2D eigenvalue weighted by atomic mass is 16.4. The molecule has 3 aromatic rings. The minimum atomic E-state index is -0.106. The Balaban J connectivity index is 1.55. The molecule has 0 aliphatic carbocycles. The number of carbonyl (C=O) groups excluding carboxylic acids is 1. The molecule has 144 valence electrons. The van der Waals surface area contributed by atoms with Crippen molar-refractivity contribution in [2.45, 2.75) is 0 Å². The smallest absolute Gasteiger partial charge is 0.302 e. The maximum Gasteiger partial charge on any atom is 0.302 e. The summed E-state index contributed by atoms with van der Waals surface area (Å²) in [5.74, 6) is 0.548. The first-order chi connectivity index (χ1) is 13.7. The van der Waals surface area contributed by atoms with Gasteiger partial charge in [-0.2, -0.15) is 4.98 Å². The Bertz CT molecular complexity index is 859. The summed E-state index contributed by atoms with van der Waals surface area (Å²) in [5, 5.41) is 2.83. The van der Waals surface area contributed by atoms with E-state index in [9.17, 15) is 4.79 Å². The lowest BCUT2D eigenvalue weighted by molar-refractivity contribution is -0.117. The van der Waals surface area contributed by atoms with Crippen LogP contribution in [0.15, 0.2) is 65.1 Å². The van der Waals surface area contributed by atoms with E-state index >= 15 is 0 Å². The van der Waals surface area contributed by atoms with Crippen LogP contribution in [0.2, 0.25) is 0 Å². The number of nitrogens with zero attached hydrogens (tertiary/aromatic N) is 3. The van der Waals surface area contributed by atoms with Crippen LogP contribution < -0.4 is 5.32 Å². The molecule has 1 saturated heterocycles. The molecule has 0 bridgehead atoms. The van der Waals surface area contributed by atoms with E-state index in [0.717, 1.165) is 43.0 Å². The molecule has 1 aliphatic heterocycles. The van der Waals surface area contributed by atoms with Gasteiger partial charge in [0.25, 0.3) is 0 Å². The average molecular weight is 376 g/mol. The van der Waals surface area contributed by atoms with Crippen molar-refractivity contribution in [2.24, 2.45) is 0 Å². The zero-order valence-electron chi connectivity index (χ0n) is 16.0. The number of carbonyl (C=O) groups is 1. The van der Waals surface area contributed by atoms with Crippen molar-refractivity contribution in [3.8, 4) is 22.6 Å². The van der Waals surface area contributed by atoms with E-state index in [-0.39, 0.29) is 11.9 Å². The van der Waals surface area contributed by atoms with Gasteiger partial charge < -0.3 is 9.32 Å². The number of aromatic nitrogens is 1. The summed E-state index contributed by atoms with van der Waals surface area (Å²) >= 11 is 0. The normalized spacial score (nSPS) is 15.5. The number of benzene rings is 2. The number of amides is 1. The van der Waals surface area contributed by atoms with Gasteiger partial charge in [0.2, 0.25) is 5.91 Å². The van der Waals surface area contributed by atoms with Crippen LogP contribution in [0.5, 0.6) is 0 Å². The van der Waals surface area contributed by atoms with Gasteiger partial charge in [-0.1, -0.05) is 60.7 Å². The molecule has 0 spiro atoms. The van der Waals surface area contributed by atoms with E-state index < -0.39 is 0 Å². The van der Waals surface area contributed by atoms with E-state index in [2.05, 4.69) is 27.1 Å². The third-order valence-corrected chi connectivity index (χ3v) is 4.92. The molecule has 1 fully saturated rings. The number of nitrogens with one attached hydrogen (secondary N) is 1. The lowest BCUT2D eigenvalue weighted by atomic mass is 10.1. The number of piperazine rings is 1. The highest BCUT2D eigenvalue weighted by molar-refractivity contribution is 5.91. The summed E-state index contributed by atoms with van der Waals surface area (Å²) in [5.41, 5.74) is 2.60. The molecule has 2 aromatic carbocycles. The molecule has 1 amide bonds. The Kier molecular flexibility index (Phi) is 5.50. The first kappa shape index (κ1) is 18.4. The zero-order valence-corrected chi connectivity index (χ0v) is 16.0. The molecule has 0 radical (unpaired) electrons. The summed E-state index contributed by atoms with van der Waals surface area (Å²) < 4.78 is 5.96. The molecule has 28 heavy (non-hydrogen) atoms. The average Bonchev–Trinajstić information content (AvgIpc) is 3.15. The lowest BCUT2D eigenvalue weighted by Crippen LogP contribution is -2.47. The zero-order chi connectivity index (χ0) is 19.3. The molecule has 6 nitrogen and oxygen atoms in total. The van der Waals surface area contributed by atoms with Gasteiger partial charge in [-0.3, -0.25) is 15.0 Å². The van der Waals surface area contributed by atoms with E-state index in [1.165, 1.54) is 0 Å². The van der Waals surface area contributed by atoms with Crippen LogP contribution in [0, 0.1) is 0 Å². The third kappa shape index (κ3) is 4.30. The van der Waals surface area contributed by atoms with Crippen LogP contribution >= 0.6 is 0 Å². The molecule has 0 unspecified atom stereocenters. The minimum Gasteiger partial charge on any atom is -0.423 e. The van der Waals surface area contributed by atoms with Crippen LogP contribution in [0.1, 0.15) is 0 Å². The van der Waals surface area contributed by atoms with Crippen molar-refractivity contribution in [1.29, 1.82) is 0 Å². The van der Waals surface area contributed by atoms with Crippen molar-refractivity contribution in [3.05, 3.63) is 60.7 Å². The molecule has 0 atom stereocenters. The van der Waals surface area contributed by atoms with Gasteiger partial charge in [0.1, 0.15) is 5.69 Å². The maximum absolute atomic E-state index is 12.5. The second kappa shape index (κ2) is 8.37. The largest absolute Gasteiger partial charge is 0.423 e. The number of rotatable bonds is 5. The topological polar surface area (TPSA) is 61.6 Å². The molecule has 1 aliphatic rings. The highest BCUT2D eigenvalue weighted by Crippen LogP contribution is 2.34. The van der Waals surface area contributed by atoms with Crippen LogP contribution in [0.4, 0.5) is 6.01 Å². The Labute approximate surface area is 164 Å². The Morgan fingerprint density at radius 1 is 0.964 bits per heavy atom. The second-order valence-corrected chi connectivity index (χ2v) is 7.06. The minimum absolute atomic E-state index is 0.106. The monoisotopic (exact) mass is 376 g/mol. The van der Waals surface area contributed by atoms with E-state index in [1.807, 2.05) is 60.7 Å². The summed E-state index contributed by atoms with van der Waals surface area (Å²) in [4.78, 5) is 21.5. The van der Waals surface area contributed by atoms with Gasteiger partial charge in [-0.25, -0.2) is 0 Å². The number of likely N-dealkylation sites (N-methyl/N-ethyl adjacent to an activating group) is 1. The van der Waals surface area contributed by atoms with Gasteiger partial charge in [-0.15, -0.1) is 0 Å². The summed E-state index contributed by atoms with van der Waals surface area (Å²) in [7, 11) is 2.10. The molecule has 0 saturated carbocycles. The van der Waals surface area contributed by atoms with Gasteiger partial charge in [-0.05, 0) is 7.05 Å². The van der Waals surface area contributed by atoms with E-state index in [0.29, 0.717) is 12.3 Å². The van der Waals surface area contributed by atoms with Crippen molar-refractivity contribution < 1.29 is 9.21 Å². The van der Waals surface area contributed by atoms with Crippen molar-refractivity contribution in [2.75, 3.05) is 45.1 Å². The SMILES string of the molecule is CN1CCN(CC(=O)Nc2nc(-c3ccccc3)c(-c3ccccc3)o2)CC1. The molecule has 2 heterocycles. The van der Waals surface area contributed by atoms with Gasteiger partial charge in [0.05, 0.1) is 6.54 Å². The first-order valence-corrected chi connectivity index (χ1v) is 9.51. The summed E-state index contributed by atoms with van der Waals surface area (Å²) in [6.45, 7) is 4.07. The molecular weight excluding hydrogens is 352 g/mol. The fourth-order valence-electron chi connectivity index (χ4n) is 3.32. The molecule has 1 aromatic heterocycles. The molecule has 6 heteroatoms. The van der Waals surface area contributed by atoms with Crippen LogP contribution in [0.3, 0.4) is 0 Å². The lowest BCUT2D eigenvalue weighted by Gasteiger charge is -2.31. The summed E-state index contributed by atoms with van der Waals surface area (Å²) in [6.07, 6.45) is 0. The molecule has 4 rings (SSSR count). The fourth-order valence-corrected chi connectivity index (χ4v) is 3.32. The highest BCUT2D eigenvalue weighted by Gasteiger charge is 2.20. The number of anilines is 1. The summed E-state index contributed by atoms with van der Waals surface area (Å²) in [6, 6.07) is 19.9. The second-order valence-electron chi connectivity index (χ2n) is 7.06. The van der Waals surface area contributed by atoms with E-state index in [1.54, 1.807) is 0 Å². The Hall–Kier alpha value is -2.96. The molecular formula is C22H24N4O2. The fraction of sp³-hybridized carbons (Fsp3) is 0.273. The number of oxazole rings is 1. The maximum atomic E-state index is 12.5. The molecule has 1 N–H and O–H groups in total. The third-order valence-electron chi connectivity index (χ3n) is 4.92. The Morgan fingerprint density at radius 2 is 1.57 bits per heavy atom. The van der Waals surface area contributed by atoms with Crippen LogP contribution in [-0.4, -0.2) is 60.5 Å². The van der Waals surface area contributed by atoms with Crippen molar-refractivity contribution in [1.82, 2.24) is 14.8 Å². The Morgan fingerprint density at radius 3 is 2.21 bits per heavy atom. The predicted octanol–water partition coefficient (Wildman–Crippen LogP) is 3.19. The number of hydrogen-bond acceptors (Lipinski definition) is 5. The predicted molar refractivity (Wildman–Crippen MR) is 110 cm³/mol. The van der Waals surface area contributed by atoms with Crippen LogP contribution in [-0.2, 0) is 4.79 Å². The van der Waals surface area contributed by atoms with Crippen molar-refractivity contribution in [3.63, 3.8) is 0 Å². The van der Waals surface area contributed by atoms with Crippen LogP contribution in [0.25, 0.3) is 22.6 Å². The van der Waals surface area contributed by atoms with Gasteiger partial charge in [0.15, 0.2) is 5.76 Å². The van der Waals surface area contributed by atoms with Gasteiger partial charge in [0, 0.05) is 37.3 Å². The number of hydrogen-bond donors (Lipinski definition) is 1. The van der Waals surface area contributed by atoms with Gasteiger partial charge >= 0.3 is 6.01 Å². The van der Waals surface area contributed by atoms with E-state index in [4.69, 9.17) is 4.42 Å². The quantitative estimate of drug-likeness (QED) is 0.741. The first-order valence-electron chi connectivity index (χ1n) is 9.51. The van der Waals surface area contributed by atoms with Crippen molar-refractivity contribution >= 4 is 11.9 Å². The standard InChI is InChI=1S/C22H24N4O2/c1-25-12-14-26(15-13-25)16-19(27)23-22-24-20(17-8-4-2-5-9-17)21(28-22)18-10-6-3-7-11-18/h2-11H,12-16H2,1H3,(H,23,24,27).